The van der Waals surface area contributed by atoms with E-state index in [1.807, 2.05) is 39.5 Å². The number of benzene rings is 1. The molecule has 0 bridgehead atoms. The summed E-state index contributed by atoms with van der Waals surface area (Å²) < 4.78 is 22.5. The van der Waals surface area contributed by atoms with Gasteiger partial charge < -0.3 is 24.6 Å². The van der Waals surface area contributed by atoms with E-state index in [0.29, 0.717) is 35.2 Å². The highest BCUT2D eigenvalue weighted by Crippen LogP contribution is 2.42. The normalized spacial score (nSPS) is 19.7. The van der Waals surface area contributed by atoms with Crippen molar-refractivity contribution < 1.29 is 19.0 Å². The van der Waals surface area contributed by atoms with E-state index in [-0.39, 0.29) is 34.9 Å². The van der Waals surface area contributed by atoms with Crippen molar-refractivity contribution in [3.8, 4) is 5.75 Å². The van der Waals surface area contributed by atoms with Gasteiger partial charge in [-0.2, -0.15) is 0 Å². The minimum absolute atomic E-state index is 0.0979. The highest BCUT2D eigenvalue weighted by atomic mass is 19.1. The van der Waals surface area contributed by atoms with Crippen molar-refractivity contribution in [2.24, 2.45) is 5.92 Å². The Balaban J connectivity index is 1.64. The van der Waals surface area contributed by atoms with Gasteiger partial charge in [-0.15, -0.1) is 0 Å². The molecular formula is C25H34FN3O4. The standard InChI is InChI=1S/C25H34FN3O4/c1-13-20-18(22(30)14(2)23(31)29(20)17-7-8-17)11-19(26)21(13)28-10-9-16(12-28)15(3)27-24(32)33-25(4,5)6/h11,15-17,30H,7-10,12H2,1-6H3,(H,27,32)/t15-,16+/m0/s1. The van der Waals surface area contributed by atoms with E-state index in [0.717, 1.165) is 19.3 Å². The van der Waals surface area contributed by atoms with E-state index in [1.54, 1.807) is 11.5 Å². The average Bonchev–Trinajstić information content (AvgIpc) is 3.42. The van der Waals surface area contributed by atoms with Gasteiger partial charge in [0, 0.05) is 30.6 Å². The first kappa shape index (κ1) is 23.4. The number of aromatic nitrogens is 1. The molecule has 4 rings (SSSR count). The lowest BCUT2D eigenvalue weighted by atomic mass is 10.0. The highest BCUT2D eigenvalue weighted by molar-refractivity contribution is 5.93. The molecule has 1 amide bonds. The largest absolute Gasteiger partial charge is 0.507 e. The lowest BCUT2D eigenvalue weighted by Gasteiger charge is -2.27. The Labute approximate surface area is 193 Å². The fraction of sp³-hybridized carbons (Fsp3) is 0.600. The van der Waals surface area contributed by atoms with Crippen LogP contribution in [0.3, 0.4) is 0 Å². The van der Waals surface area contributed by atoms with E-state index in [9.17, 15) is 14.7 Å². The third-order valence-electron chi connectivity index (χ3n) is 6.76. The van der Waals surface area contributed by atoms with Gasteiger partial charge in [0.1, 0.15) is 17.2 Å². The Hall–Kier alpha value is -2.77. The molecule has 33 heavy (non-hydrogen) atoms. The minimum Gasteiger partial charge on any atom is -0.507 e. The molecule has 2 aliphatic rings. The first-order valence-electron chi connectivity index (χ1n) is 11.7. The number of ether oxygens (including phenoxy) is 1. The molecular weight excluding hydrogens is 425 g/mol. The fourth-order valence-electron chi connectivity index (χ4n) is 4.91. The average molecular weight is 460 g/mol. The summed E-state index contributed by atoms with van der Waals surface area (Å²) in [4.78, 5) is 27.1. The molecule has 1 aromatic carbocycles. The quantitative estimate of drug-likeness (QED) is 0.702. The Morgan fingerprint density at radius 3 is 2.52 bits per heavy atom. The molecule has 2 N–H and O–H groups in total. The number of hydrogen-bond acceptors (Lipinski definition) is 5. The zero-order chi connectivity index (χ0) is 24.2. The van der Waals surface area contributed by atoms with Crippen LogP contribution in [0.4, 0.5) is 14.9 Å². The van der Waals surface area contributed by atoms with Crippen LogP contribution < -0.4 is 15.8 Å². The van der Waals surface area contributed by atoms with Gasteiger partial charge in [0.2, 0.25) is 0 Å². The number of carbonyl (C=O) groups excluding carboxylic acids is 1. The van der Waals surface area contributed by atoms with Gasteiger partial charge in [-0.1, -0.05) is 0 Å². The van der Waals surface area contributed by atoms with Gasteiger partial charge in [-0.25, -0.2) is 9.18 Å². The number of nitrogens with zero attached hydrogens (tertiary/aromatic N) is 2. The molecule has 2 aromatic rings. The monoisotopic (exact) mass is 459 g/mol. The summed E-state index contributed by atoms with van der Waals surface area (Å²) in [6.45, 7) is 12.0. The van der Waals surface area contributed by atoms with Gasteiger partial charge in [-0.3, -0.25) is 4.79 Å². The SMILES string of the molecule is Cc1c(O)c2cc(F)c(N3CC[C@@H]([C@H](C)NC(=O)OC(C)(C)C)C3)c(C)c2n(C2CC2)c1=O. The van der Waals surface area contributed by atoms with Crippen molar-refractivity contribution in [3.05, 3.63) is 33.4 Å². The lowest BCUT2D eigenvalue weighted by molar-refractivity contribution is 0.0494. The molecule has 1 aliphatic heterocycles. The molecule has 0 spiro atoms. The van der Waals surface area contributed by atoms with Crippen LogP contribution in [0.1, 0.15) is 64.1 Å². The number of aromatic hydroxyl groups is 1. The number of fused-ring (bicyclic) bond motifs is 1. The molecule has 8 heteroatoms. The van der Waals surface area contributed by atoms with Crippen molar-refractivity contribution in [2.45, 2.75) is 78.5 Å². The predicted octanol–water partition coefficient (Wildman–Crippen LogP) is 4.54. The van der Waals surface area contributed by atoms with Crippen LogP contribution in [0.25, 0.3) is 10.9 Å². The molecule has 2 atom stereocenters. The summed E-state index contributed by atoms with van der Waals surface area (Å²) in [6, 6.07) is 1.32. The van der Waals surface area contributed by atoms with E-state index < -0.39 is 17.5 Å². The molecule has 1 aromatic heterocycles. The van der Waals surface area contributed by atoms with E-state index in [2.05, 4.69) is 5.32 Å². The third kappa shape index (κ3) is 4.39. The van der Waals surface area contributed by atoms with E-state index in [4.69, 9.17) is 4.74 Å². The molecule has 2 heterocycles. The maximum atomic E-state index is 15.4. The van der Waals surface area contributed by atoms with E-state index in [1.165, 1.54) is 6.07 Å². The van der Waals surface area contributed by atoms with Crippen LogP contribution in [-0.2, 0) is 4.74 Å². The van der Waals surface area contributed by atoms with Gasteiger partial charge in [0.05, 0.1) is 16.8 Å². The molecule has 1 aliphatic carbocycles. The second-order valence-electron chi connectivity index (χ2n) is 10.5. The number of amides is 1. The molecule has 0 unspecified atom stereocenters. The van der Waals surface area contributed by atoms with Crippen LogP contribution in [-0.4, -0.2) is 40.5 Å². The highest BCUT2D eigenvalue weighted by Gasteiger charge is 2.34. The van der Waals surface area contributed by atoms with Gasteiger partial charge in [-0.05, 0) is 78.4 Å². The number of carbonyl (C=O) groups is 1. The smallest absolute Gasteiger partial charge is 0.407 e. The maximum absolute atomic E-state index is 15.4. The summed E-state index contributed by atoms with van der Waals surface area (Å²) in [5.74, 6) is -0.428. The number of hydrogen-bond donors (Lipinski definition) is 2. The summed E-state index contributed by atoms with van der Waals surface area (Å²) in [5.41, 5.74) is 1.22. The first-order valence-corrected chi connectivity index (χ1v) is 11.7. The van der Waals surface area contributed by atoms with Crippen LogP contribution in [0.2, 0.25) is 0 Å². The van der Waals surface area contributed by atoms with Gasteiger partial charge >= 0.3 is 6.09 Å². The second-order valence-corrected chi connectivity index (χ2v) is 10.5. The Bertz CT molecular complexity index is 1160. The van der Waals surface area contributed by atoms with E-state index >= 15 is 4.39 Å². The molecule has 2 fully saturated rings. The van der Waals surface area contributed by atoms with Crippen molar-refractivity contribution >= 4 is 22.7 Å². The predicted molar refractivity (Wildman–Crippen MR) is 127 cm³/mol. The van der Waals surface area contributed by atoms with Crippen LogP contribution in [0, 0.1) is 25.6 Å². The number of aryl methyl sites for hydroxylation is 1. The van der Waals surface area contributed by atoms with Crippen LogP contribution >= 0.6 is 0 Å². The third-order valence-corrected chi connectivity index (χ3v) is 6.76. The Morgan fingerprint density at radius 2 is 1.91 bits per heavy atom. The number of alkyl carbamates (subject to hydrolysis) is 1. The first-order chi connectivity index (χ1) is 15.4. The Kier molecular flexibility index (Phi) is 5.83. The number of pyridine rings is 1. The van der Waals surface area contributed by atoms with Crippen molar-refractivity contribution in [1.82, 2.24) is 9.88 Å². The van der Waals surface area contributed by atoms with Gasteiger partial charge in [0.25, 0.3) is 5.56 Å². The zero-order valence-corrected chi connectivity index (χ0v) is 20.3. The van der Waals surface area contributed by atoms with Crippen LogP contribution in [0.5, 0.6) is 5.75 Å². The molecule has 7 nitrogen and oxygen atoms in total. The van der Waals surface area contributed by atoms with Crippen LogP contribution in [0.15, 0.2) is 10.9 Å². The maximum Gasteiger partial charge on any atom is 0.407 e. The minimum atomic E-state index is -0.571. The number of anilines is 1. The topological polar surface area (TPSA) is 83.8 Å². The molecule has 1 saturated carbocycles. The number of rotatable bonds is 4. The van der Waals surface area contributed by atoms with Crippen molar-refractivity contribution in [3.63, 3.8) is 0 Å². The second kappa shape index (κ2) is 8.22. The molecule has 1 saturated heterocycles. The molecule has 0 radical (unpaired) electrons. The van der Waals surface area contributed by atoms with Crippen molar-refractivity contribution in [2.75, 3.05) is 18.0 Å². The number of halogens is 1. The molecule has 180 valence electrons. The lowest BCUT2D eigenvalue weighted by Crippen LogP contribution is -2.42. The summed E-state index contributed by atoms with van der Waals surface area (Å²) in [5, 5.41) is 13.9. The zero-order valence-electron chi connectivity index (χ0n) is 20.3. The summed E-state index contributed by atoms with van der Waals surface area (Å²) >= 11 is 0. The number of nitrogens with one attached hydrogen (secondary N) is 1. The summed E-state index contributed by atoms with van der Waals surface area (Å²) in [6.07, 6.45) is 2.15. The van der Waals surface area contributed by atoms with Crippen molar-refractivity contribution in [1.29, 1.82) is 0 Å². The fourth-order valence-corrected chi connectivity index (χ4v) is 4.91. The van der Waals surface area contributed by atoms with Gasteiger partial charge in [0.15, 0.2) is 0 Å². The Morgan fingerprint density at radius 1 is 1.24 bits per heavy atom. The summed E-state index contributed by atoms with van der Waals surface area (Å²) in [7, 11) is 0.